The number of carboxylic acid groups (broad SMARTS) is 1. The molecule has 0 heterocycles. The molecule has 0 aliphatic carbocycles. The standard InChI is InChI=1S/C16H17NO5S/c1-17(23(20,21)14-6-4-3-5-7-14)11-13-10-12(16(18)19)8-9-15(13)22-2/h3-10H,11H2,1-2H3,(H,18,19). The van der Waals surface area contributed by atoms with Crippen LogP contribution in [0, 0.1) is 0 Å². The van der Waals surface area contributed by atoms with Crippen LogP contribution in [0.3, 0.4) is 0 Å². The van der Waals surface area contributed by atoms with E-state index in [0.29, 0.717) is 11.3 Å². The normalized spacial score (nSPS) is 11.4. The third-order valence-electron chi connectivity index (χ3n) is 3.37. The van der Waals surface area contributed by atoms with Crippen LogP contribution < -0.4 is 4.74 Å². The van der Waals surface area contributed by atoms with Gasteiger partial charge in [-0.2, -0.15) is 4.31 Å². The summed E-state index contributed by atoms with van der Waals surface area (Å²) in [5, 5.41) is 9.07. The van der Waals surface area contributed by atoms with Gasteiger partial charge in [-0.3, -0.25) is 0 Å². The lowest BCUT2D eigenvalue weighted by Crippen LogP contribution is -2.26. The molecule has 2 aromatic carbocycles. The van der Waals surface area contributed by atoms with Crippen molar-refractivity contribution in [3.63, 3.8) is 0 Å². The van der Waals surface area contributed by atoms with Gasteiger partial charge in [-0.25, -0.2) is 13.2 Å². The average molecular weight is 335 g/mol. The highest BCUT2D eigenvalue weighted by Crippen LogP contribution is 2.24. The maximum Gasteiger partial charge on any atom is 0.335 e. The molecular weight excluding hydrogens is 318 g/mol. The van der Waals surface area contributed by atoms with Crippen molar-refractivity contribution in [2.75, 3.05) is 14.2 Å². The van der Waals surface area contributed by atoms with E-state index in [1.54, 1.807) is 18.2 Å². The Morgan fingerprint density at radius 1 is 1.17 bits per heavy atom. The van der Waals surface area contributed by atoms with E-state index in [1.807, 2.05) is 0 Å². The first kappa shape index (κ1) is 17.0. The molecule has 23 heavy (non-hydrogen) atoms. The average Bonchev–Trinajstić information content (AvgIpc) is 2.55. The van der Waals surface area contributed by atoms with Crippen LogP contribution in [0.2, 0.25) is 0 Å². The molecule has 0 radical (unpaired) electrons. The Hall–Kier alpha value is -2.38. The number of benzene rings is 2. The van der Waals surface area contributed by atoms with Crippen LogP contribution in [0.5, 0.6) is 5.75 Å². The fourth-order valence-electron chi connectivity index (χ4n) is 2.13. The lowest BCUT2D eigenvalue weighted by atomic mass is 10.1. The molecule has 1 N–H and O–H groups in total. The zero-order valence-electron chi connectivity index (χ0n) is 12.8. The van der Waals surface area contributed by atoms with E-state index >= 15 is 0 Å². The summed E-state index contributed by atoms with van der Waals surface area (Å²) in [7, 11) is -0.776. The topological polar surface area (TPSA) is 83.9 Å². The molecule has 0 saturated heterocycles. The molecule has 0 amide bonds. The summed E-state index contributed by atoms with van der Waals surface area (Å²) in [4.78, 5) is 11.3. The number of nitrogens with zero attached hydrogens (tertiary/aromatic N) is 1. The Balaban J connectivity index is 2.34. The second kappa shape index (κ2) is 6.80. The lowest BCUT2D eigenvalue weighted by molar-refractivity contribution is 0.0696. The highest BCUT2D eigenvalue weighted by Gasteiger charge is 2.22. The Bertz CT molecular complexity index is 802. The largest absolute Gasteiger partial charge is 0.496 e. The third kappa shape index (κ3) is 3.69. The monoisotopic (exact) mass is 335 g/mol. The van der Waals surface area contributed by atoms with Gasteiger partial charge in [-0.1, -0.05) is 18.2 Å². The minimum absolute atomic E-state index is 0.00151. The van der Waals surface area contributed by atoms with Crippen LogP contribution in [0.25, 0.3) is 0 Å². The number of rotatable bonds is 6. The highest BCUT2D eigenvalue weighted by atomic mass is 32.2. The van der Waals surface area contributed by atoms with Crippen molar-refractivity contribution >= 4 is 16.0 Å². The molecule has 6 nitrogen and oxygen atoms in total. The molecule has 122 valence electrons. The van der Waals surface area contributed by atoms with E-state index in [2.05, 4.69) is 0 Å². The van der Waals surface area contributed by atoms with Crippen LogP contribution in [0.4, 0.5) is 0 Å². The van der Waals surface area contributed by atoms with Crippen molar-refractivity contribution in [1.82, 2.24) is 4.31 Å². The van der Waals surface area contributed by atoms with Gasteiger partial charge in [0.1, 0.15) is 5.75 Å². The van der Waals surface area contributed by atoms with Crippen LogP contribution in [-0.2, 0) is 16.6 Å². The second-order valence-corrected chi connectivity index (χ2v) is 6.95. The molecule has 0 aliphatic rings. The first-order valence-electron chi connectivity index (χ1n) is 6.78. The summed E-state index contributed by atoms with van der Waals surface area (Å²) < 4.78 is 31.4. The van der Waals surface area contributed by atoms with E-state index < -0.39 is 16.0 Å². The van der Waals surface area contributed by atoms with Gasteiger partial charge in [0.25, 0.3) is 0 Å². The van der Waals surface area contributed by atoms with Gasteiger partial charge in [-0.15, -0.1) is 0 Å². The van der Waals surface area contributed by atoms with Gasteiger partial charge >= 0.3 is 5.97 Å². The summed E-state index contributed by atoms with van der Waals surface area (Å²) >= 11 is 0. The van der Waals surface area contributed by atoms with Gasteiger partial charge in [0.05, 0.1) is 17.6 Å². The molecule has 2 aromatic rings. The zero-order chi connectivity index (χ0) is 17.0. The van der Waals surface area contributed by atoms with Crippen LogP contribution >= 0.6 is 0 Å². The second-order valence-electron chi connectivity index (χ2n) is 4.91. The van der Waals surface area contributed by atoms with Crippen LogP contribution in [0.15, 0.2) is 53.4 Å². The first-order valence-corrected chi connectivity index (χ1v) is 8.22. The Morgan fingerprint density at radius 2 is 1.83 bits per heavy atom. The number of hydrogen-bond acceptors (Lipinski definition) is 4. The molecule has 0 aromatic heterocycles. The maximum atomic E-state index is 12.5. The summed E-state index contributed by atoms with van der Waals surface area (Å²) in [5.41, 5.74) is 0.556. The number of ether oxygens (including phenoxy) is 1. The molecule has 0 spiro atoms. The van der Waals surface area contributed by atoms with E-state index in [1.165, 1.54) is 44.5 Å². The van der Waals surface area contributed by atoms with Crippen LogP contribution in [0.1, 0.15) is 15.9 Å². The minimum Gasteiger partial charge on any atom is -0.496 e. The maximum absolute atomic E-state index is 12.5. The smallest absolute Gasteiger partial charge is 0.335 e. The Labute approximate surface area is 135 Å². The third-order valence-corrected chi connectivity index (χ3v) is 5.19. The first-order chi connectivity index (χ1) is 10.9. The van der Waals surface area contributed by atoms with Gasteiger partial charge in [0.15, 0.2) is 0 Å². The fourth-order valence-corrected chi connectivity index (χ4v) is 3.30. The van der Waals surface area contributed by atoms with Crippen molar-refractivity contribution in [2.24, 2.45) is 0 Å². The summed E-state index contributed by atoms with van der Waals surface area (Å²) in [6, 6.07) is 12.4. The number of hydrogen-bond donors (Lipinski definition) is 1. The molecule has 7 heteroatoms. The highest BCUT2D eigenvalue weighted by molar-refractivity contribution is 7.89. The number of sulfonamides is 1. The molecule has 0 atom stereocenters. The molecular formula is C16H17NO5S. The van der Waals surface area contributed by atoms with Gasteiger partial charge in [-0.05, 0) is 30.3 Å². The van der Waals surface area contributed by atoms with E-state index in [0.717, 1.165) is 4.31 Å². The van der Waals surface area contributed by atoms with E-state index in [4.69, 9.17) is 9.84 Å². The van der Waals surface area contributed by atoms with Crippen molar-refractivity contribution < 1.29 is 23.1 Å². The molecule has 0 bridgehead atoms. The van der Waals surface area contributed by atoms with E-state index in [-0.39, 0.29) is 17.0 Å². The summed E-state index contributed by atoms with van der Waals surface area (Å²) in [5.74, 6) is -0.646. The number of carbonyl (C=O) groups is 1. The van der Waals surface area contributed by atoms with Crippen molar-refractivity contribution in [2.45, 2.75) is 11.4 Å². The molecule has 0 aliphatic heterocycles. The molecule has 0 saturated carbocycles. The number of aromatic carboxylic acids is 1. The molecule has 0 fully saturated rings. The summed E-state index contributed by atoms with van der Waals surface area (Å²) in [6.45, 7) is 0.00151. The van der Waals surface area contributed by atoms with Crippen molar-refractivity contribution in [3.8, 4) is 5.75 Å². The number of carboxylic acids is 1. The minimum atomic E-state index is -3.66. The Kier molecular flexibility index (Phi) is 5.02. The molecule has 2 rings (SSSR count). The number of methoxy groups -OCH3 is 1. The quantitative estimate of drug-likeness (QED) is 0.875. The zero-order valence-corrected chi connectivity index (χ0v) is 13.6. The molecule has 0 unspecified atom stereocenters. The van der Waals surface area contributed by atoms with Crippen LogP contribution in [-0.4, -0.2) is 38.0 Å². The Morgan fingerprint density at radius 3 is 2.39 bits per heavy atom. The van der Waals surface area contributed by atoms with Crippen molar-refractivity contribution in [3.05, 3.63) is 59.7 Å². The van der Waals surface area contributed by atoms with E-state index in [9.17, 15) is 13.2 Å². The summed E-state index contributed by atoms with van der Waals surface area (Å²) in [6.07, 6.45) is 0. The van der Waals surface area contributed by atoms with Gasteiger partial charge in [0.2, 0.25) is 10.0 Å². The fraction of sp³-hybridized carbons (Fsp3) is 0.188. The van der Waals surface area contributed by atoms with Crippen molar-refractivity contribution in [1.29, 1.82) is 0 Å². The van der Waals surface area contributed by atoms with Gasteiger partial charge in [0, 0.05) is 19.2 Å². The lowest BCUT2D eigenvalue weighted by Gasteiger charge is -2.19. The predicted octanol–water partition coefficient (Wildman–Crippen LogP) is 2.21. The predicted molar refractivity (Wildman–Crippen MR) is 85.0 cm³/mol. The SMILES string of the molecule is COc1ccc(C(=O)O)cc1CN(C)S(=O)(=O)c1ccccc1. The van der Waals surface area contributed by atoms with Gasteiger partial charge < -0.3 is 9.84 Å².